The molecule has 7 heteroatoms. The molecule has 1 amide bonds. The summed E-state index contributed by atoms with van der Waals surface area (Å²) in [4.78, 5) is 13.2. The van der Waals surface area contributed by atoms with E-state index in [2.05, 4.69) is 0 Å². The molecule has 0 atom stereocenters. The number of carbonyl (C=O) groups excluding carboxylic acids is 1. The number of piperidine rings is 1. The maximum absolute atomic E-state index is 12.9. The number of likely N-dealkylation sites (tertiary alicyclic amines) is 1. The van der Waals surface area contributed by atoms with Crippen LogP contribution in [0.25, 0.3) is 0 Å². The van der Waals surface area contributed by atoms with Crippen molar-refractivity contribution in [2.24, 2.45) is 0 Å². The molecule has 1 aromatic carbocycles. The van der Waals surface area contributed by atoms with Gasteiger partial charge in [-0.05, 0) is 30.5 Å². The highest BCUT2D eigenvalue weighted by Gasteiger charge is 2.39. The summed E-state index contributed by atoms with van der Waals surface area (Å²) in [6.45, 7) is 0.825. The van der Waals surface area contributed by atoms with E-state index in [9.17, 15) is 18.0 Å². The van der Waals surface area contributed by atoms with Crippen molar-refractivity contribution in [3.8, 4) is 0 Å². The van der Waals surface area contributed by atoms with Gasteiger partial charge in [0, 0.05) is 20.2 Å². The molecule has 1 saturated heterocycles. The van der Waals surface area contributed by atoms with Crippen LogP contribution in [0.5, 0.6) is 0 Å². The molecule has 0 aromatic heterocycles. The van der Waals surface area contributed by atoms with Crippen LogP contribution >= 0.6 is 11.6 Å². The summed E-state index contributed by atoms with van der Waals surface area (Å²) in [5.74, 6) is -0.265. The van der Waals surface area contributed by atoms with Gasteiger partial charge in [-0.2, -0.15) is 13.2 Å². The second-order valence-corrected chi connectivity index (χ2v) is 5.56. The van der Waals surface area contributed by atoms with E-state index in [1.54, 1.807) is 11.0 Å². The van der Waals surface area contributed by atoms with Crippen LogP contribution in [-0.2, 0) is 21.3 Å². The molecule has 2 rings (SSSR count). The van der Waals surface area contributed by atoms with Crippen LogP contribution in [0.3, 0.4) is 0 Å². The van der Waals surface area contributed by atoms with E-state index < -0.39 is 17.3 Å². The lowest BCUT2D eigenvalue weighted by Crippen LogP contribution is -2.46. The first-order valence-electron chi connectivity index (χ1n) is 6.89. The van der Waals surface area contributed by atoms with Crippen LogP contribution in [0.15, 0.2) is 24.3 Å². The fourth-order valence-electron chi connectivity index (χ4n) is 2.79. The first-order valence-corrected chi connectivity index (χ1v) is 7.42. The molecule has 0 radical (unpaired) electrons. The molecular weight excluding hydrogens is 319 g/mol. The van der Waals surface area contributed by atoms with Gasteiger partial charge >= 0.3 is 6.18 Å². The number of carbonyl (C=O) groups is 1. The van der Waals surface area contributed by atoms with Crippen molar-refractivity contribution >= 4 is 17.5 Å². The highest BCUT2D eigenvalue weighted by Crippen LogP contribution is 2.39. The third-order valence-electron chi connectivity index (χ3n) is 4.14. The fraction of sp³-hybridized carbons (Fsp3) is 0.533. The standard InChI is InChI=1S/C15H17ClF3NO2/c1-22-14(5-7-20(8-6-14)13(21)10-16)11-3-2-4-12(9-11)15(17,18)19/h2-4,9H,5-8,10H2,1H3. The van der Waals surface area contributed by atoms with Crippen LogP contribution in [0, 0.1) is 0 Å². The Hall–Kier alpha value is -1.27. The van der Waals surface area contributed by atoms with Crippen molar-refractivity contribution in [1.82, 2.24) is 4.90 Å². The van der Waals surface area contributed by atoms with Gasteiger partial charge in [0.15, 0.2) is 0 Å². The molecule has 1 aliphatic heterocycles. The molecular formula is C15H17ClF3NO2. The summed E-state index contributed by atoms with van der Waals surface area (Å²) in [5.41, 5.74) is -1.01. The summed E-state index contributed by atoms with van der Waals surface area (Å²) in [5, 5.41) is 0. The summed E-state index contributed by atoms with van der Waals surface area (Å²) in [6.07, 6.45) is -3.51. The molecule has 0 unspecified atom stereocenters. The molecule has 3 nitrogen and oxygen atoms in total. The van der Waals surface area contributed by atoms with Crippen molar-refractivity contribution in [3.05, 3.63) is 35.4 Å². The van der Waals surface area contributed by atoms with Gasteiger partial charge in [-0.25, -0.2) is 0 Å². The fourth-order valence-corrected chi connectivity index (χ4v) is 2.96. The first-order chi connectivity index (χ1) is 10.3. The van der Waals surface area contributed by atoms with E-state index in [0.717, 1.165) is 12.1 Å². The zero-order valence-corrected chi connectivity index (χ0v) is 12.9. The molecule has 1 aliphatic rings. The average molecular weight is 336 g/mol. The molecule has 0 N–H and O–H groups in total. The molecule has 1 heterocycles. The van der Waals surface area contributed by atoms with Gasteiger partial charge in [0.1, 0.15) is 5.88 Å². The summed E-state index contributed by atoms with van der Waals surface area (Å²) < 4.78 is 44.2. The maximum Gasteiger partial charge on any atom is 0.416 e. The van der Waals surface area contributed by atoms with Gasteiger partial charge < -0.3 is 9.64 Å². The Labute approximate surface area is 132 Å². The predicted molar refractivity (Wildman–Crippen MR) is 76.7 cm³/mol. The Morgan fingerprint density at radius 2 is 2.00 bits per heavy atom. The zero-order valence-electron chi connectivity index (χ0n) is 12.1. The Kier molecular flexibility index (Phi) is 5.02. The van der Waals surface area contributed by atoms with Gasteiger partial charge in [-0.15, -0.1) is 11.6 Å². The van der Waals surface area contributed by atoms with Crippen molar-refractivity contribution < 1.29 is 22.7 Å². The topological polar surface area (TPSA) is 29.5 Å². The maximum atomic E-state index is 12.9. The Bertz CT molecular complexity index is 540. The smallest absolute Gasteiger partial charge is 0.373 e. The molecule has 0 bridgehead atoms. The number of rotatable bonds is 3. The highest BCUT2D eigenvalue weighted by molar-refractivity contribution is 6.27. The number of amides is 1. The van der Waals surface area contributed by atoms with E-state index in [0.29, 0.717) is 31.5 Å². The van der Waals surface area contributed by atoms with Crippen LogP contribution in [0.4, 0.5) is 13.2 Å². The van der Waals surface area contributed by atoms with Crippen molar-refractivity contribution in [2.45, 2.75) is 24.6 Å². The van der Waals surface area contributed by atoms with Crippen LogP contribution in [0.1, 0.15) is 24.0 Å². The van der Waals surface area contributed by atoms with Gasteiger partial charge in [0.2, 0.25) is 5.91 Å². The second kappa shape index (κ2) is 6.46. The Balaban J connectivity index is 2.24. The molecule has 0 spiro atoms. The van der Waals surface area contributed by atoms with Crippen molar-refractivity contribution in [3.63, 3.8) is 0 Å². The average Bonchev–Trinajstić information content (AvgIpc) is 2.53. The molecule has 22 heavy (non-hydrogen) atoms. The lowest BCUT2D eigenvalue weighted by Gasteiger charge is -2.41. The SMILES string of the molecule is COC1(c2cccc(C(F)(F)F)c2)CCN(C(=O)CCl)CC1. The minimum absolute atomic E-state index is 0.0937. The van der Waals surface area contributed by atoms with E-state index >= 15 is 0 Å². The number of nitrogens with zero attached hydrogens (tertiary/aromatic N) is 1. The third kappa shape index (κ3) is 3.38. The number of benzene rings is 1. The number of alkyl halides is 4. The summed E-state index contributed by atoms with van der Waals surface area (Å²) in [7, 11) is 1.49. The van der Waals surface area contributed by atoms with Crippen LogP contribution in [0.2, 0.25) is 0 Å². The summed E-state index contributed by atoms with van der Waals surface area (Å²) in [6, 6.07) is 5.19. The number of halogens is 4. The minimum Gasteiger partial charge on any atom is -0.373 e. The molecule has 0 aliphatic carbocycles. The molecule has 1 aromatic rings. The monoisotopic (exact) mass is 335 g/mol. The normalized spacial score (nSPS) is 18.3. The third-order valence-corrected chi connectivity index (χ3v) is 4.37. The Morgan fingerprint density at radius 1 is 1.36 bits per heavy atom. The molecule has 0 saturated carbocycles. The number of hydrogen-bond donors (Lipinski definition) is 0. The van der Waals surface area contributed by atoms with Gasteiger partial charge in [0.05, 0.1) is 11.2 Å². The Morgan fingerprint density at radius 3 is 2.50 bits per heavy atom. The van der Waals surface area contributed by atoms with Gasteiger partial charge in [0.25, 0.3) is 0 Å². The van der Waals surface area contributed by atoms with Gasteiger partial charge in [-0.1, -0.05) is 12.1 Å². The quantitative estimate of drug-likeness (QED) is 0.792. The van der Waals surface area contributed by atoms with E-state index in [4.69, 9.17) is 16.3 Å². The van der Waals surface area contributed by atoms with E-state index in [-0.39, 0.29) is 11.8 Å². The zero-order chi connectivity index (χ0) is 16.4. The van der Waals surface area contributed by atoms with Crippen molar-refractivity contribution in [1.29, 1.82) is 0 Å². The largest absolute Gasteiger partial charge is 0.416 e. The number of hydrogen-bond acceptors (Lipinski definition) is 2. The lowest BCUT2D eigenvalue weighted by atomic mass is 9.83. The number of ether oxygens (including phenoxy) is 1. The second-order valence-electron chi connectivity index (χ2n) is 5.29. The lowest BCUT2D eigenvalue weighted by molar-refractivity contribution is -0.138. The van der Waals surface area contributed by atoms with Gasteiger partial charge in [-0.3, -0.25) is 4.79 Å². The van der Waals surface area contributed by atoms with E-state index in [1.165, 1.54) is 13.2 Å². The van der Waals surface area contributed by atoms with Crippen LogP contribution < -0.4 is 0 Å². The number of methoxy groups -OCH3 is 1. The minimum atomic E-state index is -4.39. The molecule has 1 fully saturated rings. The molecule has 122 valence electrons. The first kappa shape index (κ1) is 17.1. The van der Waals surface area contributed by atoms with Crippen molar-refractivity contribution in [2.75, 3.05) is 26.1 Å². The predicted octanol–water partition coefficient (Wildman–Crippen LogP) is 3.41. The van der Waals surface area contributed by atoms with Crippen LogP contribution in [-0.4, -0.2) is 36.9 Å². The highest BCUT2D eigenvalue weighted by atomic mass is 35.5. The van der Waals surface area contributed by atoms with E-state index in [1.807, 2.05) is 0 Å². The summed E-state index contributed by atoms with van der Waals surface area (Å²) >= 11 is 5.53.